The van der Waals surface area contributed by atoms with Gasteiger partial charge in [-0.3, -0.25) is 9.69 Å². The summed E-state index contributed by atoms with van der Waals surface area (Å²) in [7, 11) is 1.57. The van der Waals surface area contributed by atoms with E-state index in [1.165, 1.54) is 0 Å². The van der Waals surface area contributed by atoms with E-state index in [9.17, 15) is 4.79 Å². The molecular formula is C17H25NO4. The zero-order valence-corrected chi connectivity index (χ0v) is 13.8. The topological polar surface area (TPSA) is 48.0 Å². The quantitative estimate of drug-likeness (QED) is 0.691. The number of hydrogen-bond acceptors (Lipinski definition) is 5. The molecule has 122 valence electrons. The van der Waals surface area contributed by atoms with Crippen molar-refractivity contribution < 1.29 is 19.0 Å². The highest BCUT2D eigenvalue weighted by Gasteiger charge is 2.29. The van der Waals surface area contributed by atoms with Crippen LogP contribution in [0.25, 0.3) is 0 Å². The average molecular weight is 307 g/mol. The van der Waals surface area contributed by atoms with Crippen LogP contribution in [0.5, 0.6) is 17.2 Å². The fourth-order valence-electron chi connectivity index (χ4n) is 2.88. The van der Waals surface area contributed by atoms with Crippen LogP contribution < -0.4 is 14.2 Å². The summed E-state index contributed by atoms with van der Waals surface area (Å²) < 4.78 is 16.1. The van der Waals surface area contributed by atoms with E-state index in [2.05, 4.69) is 25.7 Å². The van der Waals surface area contributed by atoms with Crippen LogP contribution in [0.1, 0.15) is 44.0 Å². The summed E-state index contributed by atoms with van der Waals surface area (Å²) in [5.41, 5.74) is 0.567. The molecule has 0 aliphatic carbocycles. The Morgan fingerprint density at radius 3 is 2.41 bits per heavy atom. The van der Waals surface area contributed by atoms with E-state index < -0.39 is 0 Å². The first-order chi connectivity index (χ1) is 10.7. The molecule has 0 fully saturated rings. The van der Waals surface area contributed by atoms with E-state index in [4.69, 9.17) is 14.2 Å². The average Bonchev–Trinajstić information content (AvgIpc) is 3.00. The van der Waals surface area contributed by atoms with Crippen LogP contribution in [0.4, 0.5) is 0 Å². The molecule has 0 saturated heterocycles. The first-order valence-electron chi connectivity index (χ1n) is 7.92. The molecule has 0 N–H and O–H groups in total. The molecule has 5 heteroatoms. The lowest BCUT2D eigenvalue weighted by atomic mass is 9.97. The summed E-state index contributed by atoms with van der Waals surface area (Å²) in [6.45, 7) is 8.14. The molecule has 1 aliphatic rings. The summed E-state index contributed by atoms with van der Waals surface area (Å²) in [5, 5.41) is 0. The van der Waals surface area contributed by atoms with Crippen LogP contribution in [-0.4, -0.2) is 43.7 Å². The molecule has 0 spiro atoms. The molecule has 22 heavy (non-hydrogen) atoms. The van der Waals surface area contributed by atoms with E-state index >= 15 is 0 Å². The Kier molecular flexibility index (Phi) is 5.66. The molecular weight excluding hydrogens is 282 g/mol. The Balaban J connectivity index is 2.37. The highest BCUT2D eigenvalue weighted by Crippen LogP contribution is 2.38. The van der Waals surface area contributed by atoms with Gasteiger partial charge in [0.2, 0.25) is 6.79 Å². The van der Waals surface area contributed by atoms with E-state index in [-0.39, 0.29) is 18.6 Å². The number of ether oxygens (including phenoxy) is 3. The number of fused-ring (bicyclic) bond motifs is 1. The van der Waals surface area contributed by atoms with Crippen molar-refractivity contribution >= 4 is 5.78 Å². The maximum absolute atomic E-state index is 13.1. The number of hydrogen-bond donors (Lipinski definition) is 0. The lowest BCUT2D eigenvalue weighted by Crippen LogP contribution is -2.41. The minimum absolute atomic E-state index is 0.0840. The molecule has 0 bridgehead atoms. The zero-order valence-electron chi connectivity index (χ0n) is 13.8. The summed E-state index contributed by atoms with van der Waals surface area (Å²) in [5.74, 6) is 1.87. The molecule has 2 rings (SSSR count). The van der Waals surface area contributed by atoms with Crippen molar-refractivity contribution in [3.05, 3.63) is 17.7 Å². The van der Waals surface area contributed by atoms with Crippen LogP contribution in [-0.2, 0) is 0 Å². The number of rotatable bonds is 8. The number of carbonyl (C=O) groups is 1. The summed E-state index contributed by atoms with van der Waals surface area (Å²) in [6, 6.07) is 3.35. The minimum atomic E-state index is -0.130. The van der Waals surface area contributed by atoms with Crippen LogP contribution in [0.15, 0.2) is 12.1 Å². The van der Waals surface area contributed by atoms with Crippen LogP contribution >= 0.6 is 0 Å². The maximum atomic E-state index is 13.1. The Bertz CT molecular complexity index is 526. The molecule has 1 heterocycles. The van der Waals surface area contributed by atoms with Gasteiger partial charge in [-0.15, -0.1) is 0 Å². The first kappa shape index (κ1) is 16.6. The Morgan fingerprint density at radius 1 is 1.23 bits per heavy atom. The minimum Gasteiger partial charge on any atom is -0.496 e. The maximum Gasteiger partial charge on any atom is 0.231 e. The first-order valence-corrected chi connectivity index (χ1v) is 7.92. The number of likely N-dealkylation sites (N-methyl/N-ethyl adjacent to an activating group) is 1. The van der Waals surface area contributed by atoms with E-state index in [1.807, 2.05) is 0 Å². The molecule has 1 aromatic rings. The Morgan fingerprint density at radius 2 is 1.86 bits per heavy atom. The summed E-state index contributed by atoms with van der Waals surface area (Å²) in [6.07, 6.45) is 1.79. The van der Waals surface area contributed by atoms with Crippen LogP contribution in [0, 0.1) is 0 Å². The highest BCUT2D eigenvalue weighted by atomic mass is 16.7. The van der Waals surface area contributed by atoms with Crippen molar-refractivity contribution in [2.75, 3.05) is 27.0 Å². The molecule has 0 amide bonds. The van der Waals surface area contributed by atoms with Gasteiger partial charge in [-0.05, 0) is 25.6 Å². The molecule has 1 aromatic carbocycles. The largest absolute Gasteiger partial charge is 0.496 e. The third-order valence-electron chi connectivity index (χ3n) is 4.08. The van der Waals surface area contributed by atoms with Gasteiger partial charge in [-0.1, -0.05) is 27.2 Å². The second-order valence-corrected chi connectivity index (χ2v) is 5.30. The number of nitrogens with zero attached hydrogens (tertiary/aromatic N) is 1. The van der Waals surface area contributed by atoms with Crippen molar-refractivity contribution in [1.29, 1.82) is 0 Å². The Labute approximate surface area is 132 Å². The van der Waals surface area contributed by atoms with Gasteiger partial charge in [0.1, 0.15) is 5.75 Å². The number of ketones is 1. The van der Waals surface area contributed by atoms with Crippen molar-refractivity contribution in [1.82, 2.24) is 4.90 Å². The van der Waals surface area contributed by atoms with E-state index in [0.717, 1.165) is 25.9 Å². The molecule has 1 aliphatic heterocycles. The number of benzene rings is 1. The second kappa shape index (κ2) is 7.49. The van der Waals surface area contributed by atoms with E-state index in [0.29, 0.717) is 22.8 Å². The third-order valence-corrected chi connectivity index (χ3v) is 4.08. The SMILES string of the molecule is CCCC(C(=O)c1cc2c(cc1OC)OCO2)N(CC)CC. The second-order valence-electron chi connectivity index (χ2n) is 5.30. The highest BCUT2D eigenvalue weighted by molar-refractivity contribution is 6.03. The van der Waals surface area contributed by atoms with Gasteiger partial charge < -0.3 is 14.2 Å². The predicted octanol–water partition coefficient (Wildman–Crippen LogP) is 3.12. The van der Waals surface area contributed by atoms with Crippen molar-refractivity contribution in [3.63, 3.8) is 0 Å². The van der Waals surface area contributed by atoms with Crippen LogP contribution in [0.3, 0.4) is 0 Å². The van der Waals surface area contributed by atoms with Gasteiger partial charge in [0.05, 0.1) is 18.7 Å². The molecule has 5 nitrogen and oxygen atoms in total. The standard InChI is InChI=1S/C17H25NO4/c1-5-8-13(18(6-2)7-3)17(19)12-9-15-16(22-11-21-15)10-14(12)20-4/h9-10,13H,5-8,11H2,1-4H3. The van der Waals surface area contributed by atoms with Gasteiger partial charge in [-0.2, -0.15) is 0 Å². The fourth-order valence-corrected chi connectivity index (χ4v) is 2.88. The van der Waals surface area contributed by atoms with Crippen molar-refractivity contribution in [2.24, 2.45) is 0 Å². The predicted molar refractivity (Wildman–Crippen MR) is 85.1 cm³/mol. The molecule has 0 saturated carbocycles. The number of Topliss-reactive ketones (excluding diaryl/α,β-unsaturated/α-hetero) is 1. The van der Waals surface area contributed by atoms with Gasteiger partial charge in [0.15, 0.2) is 17.3 Å². The summed E-state index contributed by atoms with van der Waals surface area (Å²) >= 11 is 0. The smallest absolute Gasteiger partial charge is 0.231 e. The number of methoxy groups -OCH3 is 1. The van der Waals surface area contributed by atoms with E-state index in [1.54, 1.807) is 19.2 Å². The van der Waals surface area contributed by atoms with Crippen LogP contribution in [0.2, 0.25) is 0 Å². The number of carbonyl (C=O) groups excluding carboxylic acids is 1. The van der Waals surface area contributed by atoms with Crippen molar-refractivity contribution in [2.45, 2.75) is 39.7 Å². The van der Waals surface area contributed by atoms with Gasteiger partial charge in [0.25, 0.3) is 0 Å². The third kappa shape index (κ3) is 3.19. The molecule has 0 aromatic heterocycles. The molecule has 1 unspecified atom stereocenters. The van der Waals surface area contributed by atoms with Gasteiger partial charge >= 0.3 is 0 Å². The summed E-state index contributed by atoms with van der Waals surface area (Å²) in [4.78, 5) is 15.2. The normalized spacial score (nSPS) is 14.2. The molecule has 1 atom stereocenters. The van der Waals surface area contributed by atoms with Gasteiger partial charge in [0, 0.05) is 6.07 Å². The Hall–Kier alpha value is -1.75. The van der Waals surface area contributed by atoms with Gasteiger partial charge in [-0.25, -0.2) is 0 Å². The zero-order chi connectivity index (χ0) is 16.1. The van der Waals surface area contributed by atoms with Crippen molar-refractivity contribution in [3.8, 4) is 17.2 Å². The lowest BCUT2D eigenvalue weighted by molar-refractivity contribution is 0.0815. The molecule has 0 radical (unpaired) electrons. The lowest BCUT2D eigenvalue weighted by Gasteiger charge is -2.28. The monoisotopic (exact) mass is 307 g/mol. The fraction of sp³-hybridized carbons (Fsp3) is 0.588.